The van der Waals surface area contributed by atoms with Crippen molar-refractivity contribution in [2.75, 3.05) is 6.54 Å². The largest absolute Gasteiger partial charge is 0.388 e. The van der Waals surface area contributed by atoms with Crippen LogP contribution in [0.1, 0.15) is 71.1 Å². The van der Waals surface area contributed by atoms with Crippen molar-refractivity contribution in [3.63, 3.8) is 0 Å². The van der Waals surface area contributed by atoms with E-state index in [4.69, 9.17) is 0 Å². The van der Waals surface area contributed by atoms with Gasteiger partial charge in [0.15, 0.2) is 0 Å². The average Bonchev–Trinajstić information content (AvgIpc) is 4.05. The molecular weight excluding hydrogens is 841 g/mol. The van der Waals surface area contributed by atoms with Gasteiger partial charge in [-0.05, 0) is 59.9 Å². The number of nitrogens with one attached hydrogen (secondary N) is 7. The molecule has 0 spiro atoms. The number of carbonyl (C=O) groups is 6. The summed E-state index contributed by atoms with van der Waals surface area (Å²) in [4.78, 5) is 89.2. The van der Waals surface area contributed by atoms with Crippen LogP contribution in [0.3, 0.4) is 0 Å². The van der Waals surface area contributed by atoms with E-state index in [1.807, 2.05) is 78.9 Å². The summed E-state index contributed by atoms with van der Waals surface area (Å²) < 4.78 is 0. The van der Waals surface area contributed by atoms with Crippen molar-refractivity contribution < 1.29 is 39.0 Å². The van der Waals surface area contributed by atoms with Gasteiger partial charge in [0.05, 0.1) is 12.1 Å². The van der Waals surface area contributed by atoms with Crippen LogP contribution in [0, 0.1) is 11.8 Å². The summed E-state index contributed by atoms with van der Waals surface area (Å²) >= 11 is 0. The zero-order chi connectivity index (χ0) is 47.7. The number of H-pyrrole nitrogens is 2. The van der Waals surface area contributed by atoms with Gasteiger partial charge in [-0.15, -0.1) is 0 Å². The van der Waals surface area contributed by atoms with Gasteiger partial charge in [-0.2, -0.15) is 0 Å². The Balaban J connectivity index is 1.18. The molecule has 352 valence electrons. The maximum absolute atomic E-state index is 14.5. The molecule has 0 saturated carbocycles. The second kappa shape index (κ2) is 22.1. The topological polar surface area (TPSA) is 238 Å². The Kier molecular flexibility index (Phi) is 16.4. The molecule has 0 bridgehead atoms. The van der Waals surface area contributed by atoms with Crippen molar-refractivity contribution in [1.29, 1.82) is 0 Å². The fraction of sp³-hybridized carbons (Fsp3) is 0.440. The average molecular weight is 905 g/mol. The fourth-order valence-corrected chi connectivity index (χ4v) is 8.97. The first-order valence-electron chi connectivity index (χ1n) is 22.8. The van der Waals surface area contributed by atoms with Crippen molar-refractivity contribution in [3.05, 3.63) is 108 Å². The minimum atomic E-state index is -1.59. The first-order chi connectivity index (χ1) is 31.5. The molecule has 1 aliphatic heterocycles. The highest BCUT2D eigenvalue weighted by atomic mass is 16.3. The van der Waals surface area contributed by atoms with E-state index < -0.39 is 95.7 Å². The van der Waals surface area contributed by atoms with Gasteiger partial charge in [-0.25, -0.2) is 0 Å². The smallest absolute Gasteiger partial charge is 0.245 e. The van der Waals surface area contributed by atoms with Crippen LogP contribution in [0.4, 0.5) is 0 Å². The second-order valence-electron chi connectivity index (χ2n) is 18.1. The first kappa shape index (κ1) is 48.9. The van der Waals surface area contributed by atoms with Crippen molar-refractivity contribution >= 4 is 57.2 Å². The van der Waals surface area contributed by atoms with Crippen LogP contribution < -0.4 is 26.6 Å². The van der Waals surface area contributed by atoms with E-state index in [-0.39, 0.29) is 25.8 Å². The van der Waals surface area contributed by atoms with Crippen LogP contribution in [-0.4, -0.2) is 116 Å². The van der Waals surface area contributed by atoms with Gasteiger partial charge < -0.3 is 51.7 Å². The third-order valence-corrected chi connectivity index (χ3v) is 12.4. The number of rotatable bonds is 20. The van der Waals surface area contributed by atoms with Crippen molar-refractivity contribution in [2.45, 2.75) is 122 Å². The third kappa shape index (κ3) is 12.0. The number of aliphatic hydroxyl groups excluding tert-OH is 2. The van der Waals surface area contributed by atoms with Crippen LogP contribution in [0.2, 0.25) is 0 Å². The predicted molar refractivity (Wildman–Crippen MR) is 252 cm³/mol. The Bertz CT molecular complexity index is 2480. The molecule has 2 aromatic heterocycles. The number of fused-ring (bicyclic) bond motifs is 2. The molecule has 6 rings (SSSR count). The van der Waals surface area contributed by atoms with Crippen LogP contribution >= 0.6 is 0 Å². The highest BCUT2D eigenvalue weighted by molar-refractivity contribution is 5.94. The summed E-state index contributed by atoms with van der Waals surface area (Å²) in [6.45, 7) is 10.0. The summed E-state index contributed by atoms with van der Waals surface area (Å²) in [5.41, 5.74) is 4.14. The number of hydrogen-bond donors (Lipinski definition) is 9. The molecule has 1 fully saturated rings. The number of likely N-dealkylation sites (tertiary alicyclic amines) is 1. The minimum Gasteiger partial charge on any atom is -0.388 e. The molecule has 66 heavy (non-hydrogen) atoms. The molecule has 6 amide bonds. The Morgan fingerprint density at radius 1 is 0.621 bits per heavy atom. The van der Waals surface area contributed by atoms with E-state index in [9.17, 15) is 39.0 Å². The number of hydrogen-bond acceptors (Lipinski definition) is 8. The summed E-state index contributed by atoms with van der Waals surface area (Å²) in [5.74, 6) is -3.83. The van der Waals surface area contributed by atoms with Gasteiger partial charge in [0, 0.05) is 67.4 Å². The van der Waals surface area contributed by atoms with E-state index in [0.29, 0.717) is 12.8 Å². The zero-order valence-corrected chi connectivity index (χ0v) is 38.5. The van der Waals surface area contributed by atoms with Crippen LogP contribution in [0.15, 0.2) is 91.3 Å². The lowest BCUT2D eigenvalue weighted by atomic mass is 9.91. The minimum absolute atomic E-state index is 0.102. The Hall–Kier alpha value is -6.52. The molecule has 9 N–H and O–H groups in total. The zero-order valence-electron chi connectivity index (χ0n) is 38.5. The highest BCUT2D eigenvalue weighted by Crippen LogP contribution is 2.27. The molecule has 1 aliphatic rings. The lowest BCUT2D eigenvalue weighted by Crippen LogP contribution is -2.62. The number of aromatic nitrogens is 2. The first-order valence-corrected chi connectivity index (χ1v) is 22.8. The number of para-hydroxylation sites is 2. The molecule has 8 atom stereocenters. The summed E-state index contributed by atoms with van der Waals surface area (Å²) in [6, 6.07) is 18.3. The molecule has 16 nitrogen and oxygen atoms in total. The monoisotopic (exact) mass is 904 g/mol. The van der Waals surface area contributed by atoms with E-state index >= 15 is 0 Å². The van der Waals surface area contributed by atoms with E-state index in [1.54, 1.807) is 40.1 Å². The van der Waals surface area contributed by atoms with Gasteiger partial charge in [-0.3, -0.25) is 28.8 Å². The second-order valence-corrected chi connectivity index (χ2v) is 18.1. The highest BCUT2D eigenvalue weighted by Gasteiger charge is 2.43. The normalized spacial score (nSPS) is 17.1. The molecule has 3 heterocycles. The van der Waals surface area contributed by atoms with Gasteiger partial charge in [0.25, 0.3) is 0 Å². The predicted octanol–water partition coefficient (Wildman–Crippen LogP) is 3.17. The van der Waals surface area contributed by atoms with E-state index in [1.165, 1.54) is 18.7 Å². The maximum Gasteiger partial charge on any atom is 0.245 e. The lowest BCUT2D eigenvalue weighted by Gasteiger charge is -2.37. The van der Waals surface area contributed by atoms with Crippen molar-refractivity contribution in [2.24, 2.45) is 11.8 Å². The summed E-state index contributed by atoms with van der Waals surface area (Å²) in [5, 5.41) is 40.0. The Morgan fingerprint density at radius 3 is 1.61 bits per heavy atom. The maximum atomic E-state index is 14.5. The number of benzene rings is 3. The number of carbonyl (C=O) groups excluding carboxylic acids is 6. The quantitative estimate of drug-likeness (QED) is 0.0561. The lowest BCUT2D eigenvalue weighted by molar-refractivity contribution is -0.143. The Labute approximate surface area is 385 Å². The molecule has 0 aliphatic carbocycles. The molecule has 0 unspecified atom stereocenters. The number of nitrogens with zero attached hydrogens (tertiary/aromatic N) is 1. The Morgan fingerprint density at radius 2 is 1.11 bits per heavy atom. The van der Waals surface area contributed by atoms with E-state index in [0.717, 1.165) is 38.5 Å². The van der Waals surface area contributed by atoms with E-state index in [2.05, 4.69) is 36.6 Å². The van der Waals surface area contributed by atoms with Gasteiger partial charge in [0.2, 0.25) is 35.4 Å². The number of aromatic amines is 2. The molecular formula is C50H64N8O8. The fourth-order valence-electron chi connectivity index (χ4n) is 8.97. The standard InChI is InChI=1S/C50H64N8O8/c1-28(2)43(56-47(63)40(53-30(5)59)24-33-26-51-37-19-12-10-17-35(33)37)49(65)55-39(23-32-15-8-7-9-16-32)45(61)46(62)42-21-14-22-58(42)50(66)44(29(3)4)57-48(64)41(54-31(6)60)25-34-27-52-38-20-13-11-18-36(34)38/h7-13,15-20,26-29,39-46,51-52,61-62H,14,21-25H2,1-6H3,(H,53,59)(H,54,60)(H,55,65)(H,56,63)(H,57,64)/t39-,40-,41-,42-,43-,44-,45-,46-/m0/s1. The van der Waals surface area contributed by atoms with Crippen molar-refractivity contribution in [3.8, 4) is 0 Å². The van der Waals surface area contributed by atoms with Crippen LogP contribution in [-0.2, 0) is 48.0 Å². The third-order valence-electron chi connectivity index (χ3n) is 12.4. The van der Waals surface area contributed by atoms with Crippen molar-refractivity contribution in [1.82, 2.24) is 41.5 Å². The molecule has 0 radical (unpaired) electrons. The SMILES string of the molecule is CC(=O)N[C@@H](Cc1c[nH]c2ccccc12)C(=O)N[C@H](C(=O)N[C@@H](Cc1ccccc1)[C@H](O)[C@@H](O)[C@@H]1CCCN1C(=O)[C@@H](NC(=O)[C@H](Cc1c[nH]c2ccccc12)NC(C)=O)C(C)C)C(C)C. The summed E-state index contributed by atoms with van der Waals surface area (Å²) in [7, 11) is 0. The molecule has 5 aromatic rings. The van der Waals surface area contributed by atoms with Gasteiger partial charge in [0.1, 0.15) is 36.4 Å². The number of amides is 6. The van der Waals surface area contributed by atoms with Gasteiger partial charge in [-0.1, -0.05) is 94.4 Å². The molecule has 1 saturated heterocycles. The molecule has 3 aromatic carbocycles. The van der Waals surface area contributed by atoms with Crippen LogP contribution in [0.25, 0.3) is 21.8 Å². The molecule has 16 heteroatoms. The van der Waals surface area contributed by atoms with Crippen LogP contribution in [0.5, 0.6) is 0 Å². The number of aliphatic hydroxyl groups is 2. The van der Waals surface area contributed by atoms with Gasteiger partial charge >= 0.3 is 0 Å². The summed E-state index contributed by atoms with van der Waals surface area (Å²) in [6.07, 6.45) is 1.75.